The van der Waals surface area contributed by atoms with Gasteiger partial charge in [0.1, 0.15) is 0 Å². The van der Waals surface area contributed by atoms with E-state index >= 15 is 0 Å². The molecule has 6 heteroatoms. The topological polar surface area (TPSA) is 21.3 Å². The predicted octanol–water partition coefficient (Wildman–Crippen LogP) is 3.60. The Morgan fingerprint density at radius 2 is 1.78 bits per heavy atom. The van der Waals surface area contributed by atoms with E-state index < -0.39 is 17.6 Å². The molecule has 0 aromatic heterocycles. The van der Waals surface area contributed by atoms with Gasteiger partial charge in [-0.25, -0.2) is 4.39 Å². The highest BCUT2D eigenvalue weighted by atomic mass is 19.4. The molecule has 1 rings (SSSR count). The van der Waals surface area contributed by atoms with Crippen molar-refractivity contribution in [2.45, 2.75) is 26.6 Å². The summed E-state index contributed by atoms with van der Waals surface area (Å²) < 4.78 is 55.2. The van der Waals surface area contributed by atoms with Gasteiger partial charge in [-0.2, -0.15) is 13.2 Å². The molecule has 0 heterocycles. The minimum Gasteiger partial charge on any atom is -0.493 e. The van der Waals surface area contributed by atoms with Crippen LogP contribution >= 0.6 is 0 Å². The van der Waals surface area contributed by atoms with Crippen molar-refractivity contribution < 1.29 is 22.3 Å². The Balaban J connectivity index is 0.00000137. The second-order valence-corrected chi connectivity index (χ2v) is 3.18. The van der Waals surface area contributed by atoms with E-state index in [-0.39, 0.29) is 17.9 Å². The Labute approximate surface area is 104 Å². The van der Waals surface area contributed by atoms with Crippen molar-refractivity contribution in [1.82, 2.24) is 5.32 Å². The zero-order valence-corrected chi connectivity index (χ0v) is 10.8. The number of ether oxygens (including phenoxy) is 1. The summed E-state index contributed by atoms with van der Waals surface area (Å²) in [6.07, 6.45) is -4.56. The zero-order chi connectivity index (χ0) is 14.3. The zero-order valence-electron chi connectivity index (χ0n) is 10.8. The van der Waals surface area contributed by atoms with Crippen molar-refractivity contribution in [2.24, 2.45) is 0 Å². The van der Waals surface area contributed by atoms with Crippen LogP contribution in [0.2, 0.25) is 0 Å². The molecule has 18 heavy (non-hydrogen) atoms. The van der Waals surface area contributed by atoms with Crippen LogP contribution in [0.15, 0.2) is 12.1 Å². The number of hydrogen-bond donors (Lipinski definition) is 1. The third-order valence-electron chi connectivity index (χ3n) is 2.02. The number of alkyl halides is 3. The van der Waals surface area contributed by atoms with Crippen LogP contribution in [-0.2, 0) is 12.7 Å². The third kappa shape index (κ3) is 4.18. The SMILES string of the molecule is CC.CNCc1cc(C(F)(F)F)cc(F)c1OC. The fourth-order valence-corrected chi connectivity index (χ4v) is 1.36. The van der Waals surface area contributed by atoms with Crippen LogP contribution in [0, 0.1) is 5.82 Å². The molecule has 0 atom stereocenters. The summed E-state index contributed by atoms with van der Waals surface area (Å²) in [6, 6.07) is 1.30. The molecular weight excluding hydrogens is 250 g/mol. The van der Waals surface area contributed by atoms with Crippen LogP contribution in [0.25, 0.3) is 0 Å². The van der Waals surface area contributed by atoms with E-state index in [9.17, 15) is 17.6 Å². The lowest BCUT2D eigenvalue weighted by Crippen LogP contribution is -2.12. The Morgan fingerprint density at radius 3 is 2.17 bits per heavy atom. The van der Waals surface area contributed by atoms with Gasteiger partial charge in [-0.3, -0.25) is 0 Å². The van der Waals surface area contributed by atoms with E-state index in [0.29, 0.717) is 6.07 Å². The van der Waals surface area contributed by atoms with Crippen LogP contribution < -0.4 is 10.1 Å². The predicted molar refractivity (Wildman–Crippen MR) is 62.1 cm³/mol. The molecule has 0 aliphatic rings. The Kier molecular flexibility index (Phi) is 6.68. The number of nitrogens with one attached hydrogen (secondary N) is 1. The monoisotopic (exact) mass is 267 g/mol. The van der Waals surface area contributed by atoms with E-state index in [1.165, 1.54) is 7.11 Å². The van der Waals surface area contributed by atoms with Crippen molar-refractivity contribution in [3.8, 4) is 5.75 Å². The van der Waals surface area contributed by atoms with E-state index in [4.69, 9.17) is 4.74 Å². The third-order valence-corrected chi connectivity index (χ3v) is 2.02. The Hall–Kier alpha value is -1.30. The second kappa shape index (κ2) is 7.20. The van der Waals surface area contributed by atoms with Crippen LogP contribution in [0.1, 0.15) is 25.0 Å². The van der Waals surface area contributed by atoms with Gasteiger partial charge < -0.3 is 10.1 Å². The maximum absolute atomic E-state index is 13.3. The van der Waals surface area contributed by atoms with E-state index in [2.05, 4.69) is 5.32 Å². The molecule has 0 unspecified atom stereocenters. The van der Waals surface area contributed by atoms with Crippen molar-refractivity contribution in [3.63, 3.8) is 0 Å². The quantitative estimate of drug-likeness (QED) is 0.845. The standard InChI is InChI=1S/C10H11F4NO.C2H6/c1-15-5-6-3-7(10(12,13)14)4-8(11)9(6)16-2;1-2/h3-4,15H,5H2,1-2H3;1-2H3. The maximum Gasteiger partial charge on any atom is 0.416 e. The molecule has 104 valence electrons. The van der Waals surface area contributed by atoms with Gasteiger partial charge >= 0.3 is 6.18 Å². The minimum atomic E-state index is -4.56. The van der Waals surface area contributed by atoms with Crippen molar-refractivity contribution >= 4 is 0 Å². The molecule has 0 amide bonds. The molecule has 0 spiro atoms. The molecule has 0 fully saturated rings. The van der Waals surface area contributed by atoms with E-state index in [1.807, 2.05) is 13.8 Å². The molecule has 0 bridgehead atoms. The molecule has 1 aromatic rings. The van der Waals surface area contributed by atoms with Crippen LogP contribution in [-0.4, -0.2) is 14.2 Å². The molecule has 1 aromatic carbocycles. The average molecular weight is 267 g/mol. The Bertz CT molecular complexity index is 377. The number of methoxy groups -OCH3 is 1. The maximum atomic E-state index is 13.3. The first-order chi connectivity index (χ1) is 8.40. The number of benzene rings is 1. The van der Waals surface area contributed by atoms with Gasteiger partial charge in [0.05, 0.1) is 12.7 Å². The van der Waals surface area contributed by atoms with Crippen molar-refractivity contribution in [2.75, 3.05) is 14.2 Å². The van der Waals surface area contributed by atoms with Gasteiger partial charge in [-0.15, -0.1) is 0 Å². The van der Waals surface area contributed by atoms with E-state index in [0.717, 1.165) is 6.07 Å². The first-order valence-electron chi connectivity index (χ1n) is 5.48. The molecular formula is C12H17F4NO. The van der Waals surface area contributed by atoms with E-state index in [1.54, 1.807) is 7.05 Å². The van der Waals surface area contributed by atoms with Crippen molar-refractivity contribution in [1.29, 1.82) is 0 Å². The van der Waals surface area contributed by atoms with Crippen molar-refractivity contribution in [3.05, 3.63) is 29.1 Å². The molecule has 0 saturated heterocycles. The van der Waals surface area contributed by atoms with Crippen LogP contribution in [0.3, 0.4) is 0 Å². The lowest BCUT2D eigenvalue weighted by molar-refractivity contribution is -0.137. The van der Waals surface area contributed by atoms with Gasteiger partial charge in [-0.05, 0) is 19.2 Å². The molecule has 0 saturated carbocycles. The summed E-state index contributed by atoms with van der Waals surface area (Å²) >= 11 is 0. The summed E-state index contributed by atoms with van der Waals surface area (Å²) in [5, 5.41) is 2.65. The highest BCUT2D eigenvalue weighted by Crippen LogP contribution is 2.34. The lowest BCUT2D eigenvalue weighted by Gasteiger charge is -2.13. The minimum absolute atomic E-state index is 0.101. The molecule has 1 N–H and O–H groups in total. The van der Waals surface area contributed by atoms with Gasteiger partial charge in [0.25, 0.3) is 0 Å². The van der Waals surface area contributed by atoms with Crippen LogP contribution in [0.5, 0.6) is 5.75 Å². The number of rotatable bonds is 3. The first-order valence-corrected chi connectivity index (χ1v) is 5.48. The molecule has 2 nitrogen and oxygen atoms in total. The average Bonchev–Trinajstić information content (AvgIpc) is 2.30. The van der Waals surface area contributed by atoms with Gasteiger partial charge in [0.2, 0.25) is 0 Å². The highest BCUT2D eigenvalue weighted by Gasteiger charge is 2.32. The van der Waals surface area contributed by atoms with Gasteiger partial charge in [0.15, 0.2) is 11.6 Å². The summed E-state index contributed by atoms with van der Waals surface area (Å²) in [7, 11) is 2.77. The lowest BCUT2D eigenvalue weighted by atomic mass is 10.1. The largest absolute Gasteiger partial charge is 0.493 e. The molecule has 0 aliphatic heterocycles. The number of hydrogen-bond acceptors (Lipinski definition) is 2. The fraction of sp³-hybridized carbons (Fsp3) is 0.500. The molecule has 0 radical (unpaired) electrons. The fourth-order valence-electron chi connectivity index (χ4n) is 1.36. The first kappa shape index (κ1) is 16.7. The van der Waals surface area contributed by atoms with Gasteiger partial charge in [-0.1, -0.05) is 13.8 Å². The molecule has 0 aliphatic carbocycles. The second-order valence-electron chi connectivity index (χ2n) is 3.18. The normalized spacial score (nSPS) is 10.7. The Morgan fingerprint density at radius 1 is 1.22 bits per heavy atom. The summed E-state index contributed by atoms with van der Waals surface area (Å²) in [4.78, 5) is 0. The summed E-state index contributed by atoms with van der Waals surface area (Å²) in [6.45, 7) is 4.10. The highest BCUT2D eigenvalue weighted by molar-refractivity contribution is 5.39. The van der Waals surface area contributed by atoms with Crippen LogP contribution in [0.4, 0.5) is 17.6 Å². The van der Waals surface area contributed by atoms with Gasteiger partial charge in [0, 0.05) is 12.1 Å². The summed E-state index contributed by atoms with van der Waals surface area (Å²) in [5.74, 6) is -1.18. The number of halogens is 4. The smallest absolute Gasteiger partial charge is 0.416 e. The summed E-state index contributed by atoms with van der Waals surface area (Å²) in [5.41, 5.74) is -0.881.